The van der Waals surface area contributed by atoms with Crippen LogP contribution >= 0.6 is 22.9 Å². The van der Waals surface area contributed by atoms with Crippen LogP contribution in [0.25, 0.3) is 0 Å². The van der Waals surface area contributed by atoms with Crippen molar-refractivity contribution in [2.75, 3.05) is 19.6 Å². The van der Waals surface area contributed by atoms with Crippen molar-refractivity contribution < 1.29 is 4.79 Å². The number of halogens is 1. The van der Waals surface area contributed by atoms with Crippen LogP contribution in [0.1, 0.15) is 22.1 Å². The Balaban J connectivity index is 1.89. The lowest BCUT2D eigenvalue weighted by atomic mass is 10.0. The van der Waals surface area contributed by atoms with Crippen molar-refractivity contribution in [2.24, 2.45) is 0 Å². The van der Waals surface area contributed by atoms with Gasteiger partial charge in [-0.25, -0.2) is 4.98 Å². The van der Waals surface area contributed by atoms with Gasteiger partial charge < -0.3 is 10.2 Å². The molecule has 4 nitrogen and oxygen atoms in total. The van der Waals surface area contributed by atoms with Crippen LogP contribution in [0.15, 0.2) is 35.2 Å². The maximum atomic E-state index is 12.5. The Hall–Kier alpha value is -1.43. The van der Waals surface area contributed by atoms with Gasteiger partial charge in [0.25, 0.3) is 5.91 Å². The number of thiazole rings is 1. The number of aromatic nitrogens is 1. The van der Waals surface area contributed by atoms with Crippen molar-refractivity contribution in [1.82, 2.24) is 15.2 Å². The summed E-state index contributed by atoms with van der Waals surface area (Å²) in [7, 11) is 0. The highest BCUT2D eigenvalue weighted by molar-refractivity contribution is 7.07. The summed E-state index contributed by atoms with van der Waals surface area (Å²) in [6.45, 7) is 2.21. The highest BCUT2D eigenvalue weighted by Gasteiger charge is 2.29. The minimum absolute atomic E-state index is 0.00310. The van der Waals surface area contributed by atoms with Crippen molar-refractivity contribution in [3.8, 4) is 0 Å². The second-order valence-electron chi connectivity index (χ2n) is 4.65. The summed E-state index contributed by atoms with van der Waals surface area (Å²) in [4.78, 5) is 18.5. The molecule has 0 aliphatic carbocycles. The van der Waals surface area contributed by atoms with Crippen molar-refractivity contribution in [3.63, 3.8) is 0 Å². The number of amides is 1. The fourth-order valence-electron chi connectivity index (χ4n) is 2.42. The zero-order valence-electron chi connectivity index (χ0n) is 10.8. The third kappa shape index (κ3) is 2.70. The van der Waals surface area contributed by atoms with E-state index in [1.54, 1.807) is 10.9 Å². The summed E-state index contributed by atoms with van der Waals surface area (Å²) in [6.07, 6.45) is 0. The molecule has 1 amide bonds. The molecule has 1 atom stereocenters. The smallest absolute Gasteiger partial charge is 0.273 e. The number of rotatable bonds is 2. The lowest BCUT2D eigenvalue weighted by molar-refractivity contribution is 0.0629. The number of piperazine rings is 1. The first-order valence-corrected chi connectivity index (χ1v) is 7.73. The minimum atomic E-state index is -0.0160. The molecular weight excluding hydrogens is 294 g/mol. The van der Waals surface area contributed by atoms with E-state index in [2.05, 4.69) is 10.3 Å². The predicted molar refractivity (Wildman–Crippen MR) is 80.2 cm³/mol. The van der Waals surface area contributed by atoms with Crippen LogP contribution in [-0.4, -0.2) is 35.4 Å². The average molecular weight is 308 g/mol. The van der Waals surface area contributed by atoms with E-state index in [-0.39, 0.29) is 11.9 Å². The summed E-state index contributed by atoms with van der Waals surface area (Å²) >= 11 is 7.49. The summed E-state index contributed by atoms with van der Waals surface area (Å²) in [5, 5.41) is 5.81. The molecule has 0 spiro atoms. The molecular formula is C14H14ClN3OS. The highest BCUT2D eigenvalue weighted by atomic mass is 35.5. The first kappa shape index (κ1) is 13.5. The Morgan fingerprint density at radius 2 is 2.40 bits per heavy atom. The number of hydrogen-bond acceptors (Lipinski definition) is 4. The average Bonchev–Trinajstić information content (AvgIpc) is 3.01. The Morgan fingerprint density at radius 1 is 1.50 bits per heavy atom. The fourth-order valence-corrected chi connectivity index (χ4v) is 3.15. The van der Waals surface area contributed by atoms with Gasteiger partial charge in [-0.05, 0) is 17.7 Å². The minimum Gasteiger partial charge on any atom is -0.328 e. The number of carbonyl (C=O) groups is 1. The molecule has 1 aromatic heterocycles. The van der Waals surface area contributed by atoms with Gasteiger partial charge in [0.1, 0.15) is 5.69 Å². The van der Waals surface area contributed by atoms with Gasteiger partial charge in [-0.2, -0.15) is 0 Å². The van der Waals surface area contributed by atoms with E-state index in [0.29, 0.717) is 17.3 Å². The molecule has 1 unspecified atom stereocenters. The standard InChI is InChI=1S/C14H14ClN3OS/c15-11-3-1-2-10(6-11)13-7-16-4-5-18(13)14(19)12-8-20-9-17-12/h1-3,6,8-9,13,16H,4-5,7H2. The molecule has 6 heteroatoms. The third-order valence-electron chi connectivity index (χ3n) is 3.39. The molecule has 1 N–H and O–H groups in total. The van der Waals surface area contributed by atoms with Gasteiger partial charge in [-0.3, -0.25) is 4.79 Å². The molecule has 20 heavy (non-hydrogen) atoms. The zero-order valence-corrected chi connectivity index (χ0v) is 12.3. The largest absolute Gasteiger partial charge is 0.328 e. The summed E-state index contributed by atoms with van der Waals surface area (Å²) in [5.41, 5.74) is 3.25. The van der Waals surface area contributed by atoms with E-state index in [4.69, 9.17) is 11.6 Å². The van der Waals surface area contributed by atoms with Crippen LogP contribution in [-0.2, 0) is 0 Å². The van der Waals surface area contributed by atoms with Gasteiger partial charge in [0.05, 0.1) is 11.6 Å². The number of nitrogens with zero attached hydrogens (tertiary/aromatic N) is 2. The van der Waals surface area contributed by atoms with E-state index < -0.39 is 0 Å². The molecule has 104 valence electrons. The molecule has 0 bridgehead atoms. The highest BCUT2D eigenvalue weighted by Crippen LogP contribution is 2.26. The van der Waals surface area contributed by atoms with Gasteiger partial charge in [0.15, 0.2) is 0 Å². The number of benzene rings is 1. The van der Waals surface area contributed by atoms with Gasteiger partial charge in [0.2, 0.25) is 0 Å². The monoisotopic (exact) mass is 307 g/mol. The summed E-state index contributed by atoms with van der Waals surface area (Å²) in [6, 6.07) is 7.67. The molecule has 2 heterocycles. The molecule has 1 aromatic carbocycles. The second-order valence-corrected chi connectivity index (χ2v) is 5.80. The normalized spacial score (nSPS) is 19.1. The van der Waals surface area contributed by atoms with E-state index in [0.717, 1.165) is 18.7 Å². The van der Waals surface area contributed by atoms with Crippen LogP contribution in [0.5, 0.6) is 0 Å². The third-order valence-corrected chi connectivity index (χ3v) is 4.21. The predicted octanol–water partition coefficient (Wildman–Crippen LogP) is 2.58. The van der Waals surface area contributed by atoms with Crippen LogP contribution in [0, 0.1) is 0 Å². The second kappa shape index (κ2) is 5.91. The van der Waals surface area contributed by atoms with E-state index in [1.807, 2.05) is 29.2 Å². The quantitative estimate of drug-likeness (QED) is 0.927. The van der Waals surface area contributed by atoms with Crippen LogP contribution in [0.3, 0.4) is 0 Å². The lowest BCUT2D eigenvalue weighted by Crippen LogP contribution is -2.48. The summed E-state index contributed by atoms with van der Waals surface area (Å²) in [5.74, 6) is -0.0160. The van der Waals surface area contributed by atoms with E-state index >= 15 is 0 Å². The van der Waals surface area contributed by atoms with Crippen molar-refractivity contribution in [2.45, 2.75) is 6.04 Å². The first-order valence-electron chi connectivity index (χ1n) is 6.41. The van der Waals surface area contributed by atoms with Crippen LogP contribution in [0.2, 0.25) is 5.02 Å². The van der Waals surface area contributed by atoms with Crippen molar-refractivity contribution in [1.29, 1.82) is 0 Å². The Kier molecular flexibility index (Phi) is 4.00. The molecule has 1 fully saturated rings. The first-order chi connectivity index (χ1) is 9.75. The fraction of sp³-hybridized carbons (Fsp3) is 0.286. The van der Waals surface area contributed by atoms with Crippen molar-refractivity contribution >= 4 is 28.8 Å². The van der Waals surface area contributed by atoms with Gasteiger partial charge >= 0.3 is 0 Å². The SMILES string of the molecule is O=C(c1cscn1)N1CCNCC1c1cccc(Cl)c1. The Bertz CT molecular complexity index is 602. The van der Waals surface area contributed by atoms with E-state index in [9.17, 15) is 4.79 Å². The molecule has 0 saturated carbocycles. The molecule has 1 aliphatic rings. The van der Waals surface area contributed by atoms with Crippen molar-refractivity contribution in [3.05, 3.63) is 51.4 Å². The maximum Gasteiger partial charge on any atom is 0.273 e. The molecule has 3 rings (SSSR count). The maximum absolute atomic E-state index is 12.5. The van der Waals surface area contributed by atoms with Gasteiger partial charge in [0, 0.05) is 30.0 Å². The van der Waals surface area contributed by atoms with E-state index in [1.165, 1.54) is 11.3 Å². The van der Waals surface area contributed by atoms with Crippen LogP contribution in [0.4, 0.5) is 0 Å². The Morgan fingerprint density at radius 3 is 3.15 bits per heavy atom. The topological polar surface area (TPSA) is 45.2 Å². The van der Waals surface area contributed by atoms with Gasteiger partial charge in [-0.15, -0.1) is 11.3 Å². The number of carbonyl (C=O) groups excluding carboxylic acids is 1. The number of hydrogen-bond donors (Lipinski definition) is 1. The lowest BCUT2D eigenvalue weighted by Gasteiger charge is -2.36. The van der Waals surface area contributed by atoms with Gasteiger partial charge in [-0.1, -0.05) is 23.7 Å². The summed E-state index contributed by atoms with van der Waals surface area (Å²) < 4.78 is 0. The zero-order chi connectivity index (χ0) is 13.9. The molecule has 1 aliphatic heterocycles. The molecule has 2 aromatic rings. The molecule has 1 saturated heterocycles. The van der Waals surface area contributed by atoms with Crippen LogP contribution < -0.4 is 5.32 Å². The Labute approximate surface area is 126 Å². The molecule has 0 radical (unpaired) electrons. The number of nitrogens with one attached hydrogen (secondary N) is 1.